The SMILES string of the molecule is Cn1c(=O)c2cc(C(=O)Nc3ccc(OC(F)F)c(Cc4ccccc4)c3)cnc2n(C)c1=O. The highest BCUT2D eigenvalue weighted by atomic mass is 19.3. The Morgan fingerprint density at radius 2 is 1.79 bits per heavy atom. The first-order valence-electron chi connectivity index (χ1n) is 10.2. The third kappa shape index (κ3) is 4.56. The number of nitrogens with zero attached hydrogens (tertiary/aromatic N) is 3. The summed E-state index contributed by atoms with van der Waals surface area (Å²) >= 11 is 0. The number of halogens is 2. The molecule has 0 radical (unpaired) electrons. The van der Waals surface area contributed by atoms with Gasteiger partial charge in [-0.2, -0.15) is 8.78 Å². The van der Waals surface area contributed by atoms with Gasteiger partial charge < -0.3 is 10.1 Å². The molecular formula is C24H20F2N4O4. The average Bonchev–Trinajstić information content (AvgIpc) is 2.83. The van der Waals surface area contributed by atoms with E-state index in [9.17, 15) is 23.2 Å². The fourth-order valence-corrected chi connectivity index (χ4v) is 3.61. The van der Waals surface area contributed by atoms with Crippen molar-refractivity contribution in [2.24, 2.45) is 14.1 Å². The predicted octanol–water partition coefficient (Wildman–Crippen LogP) is 3.08. The molecule has 1 amide bonds. The summed E-state index contributed by atoms with van der Waals surface area (Å²) in [4.78, 5) is 41.5. The number of rotatable bonds is 6. The molecule has 0 aliphatic heterocycles. The Hall–Kier alpha value is -4.34. The number of ether oxygens (including phenoxy) is 1. The Labute approximate surface area is 192 Å². The number of anilines is 1. The second kappa shape index (κ2) is 9.26. The van der Waals surface area contributed by atoms with Crippen molar-refractivity contribution in [3.63, 3.8) is 0 Å². The van der Waals surface area contributed by atoms with Crippen LogP contribution in [0.4, 0.5) is 14.5 Å². The lowest BCUT2D eigenvalue weighted by Crippen LogP contribution is -2.37. The number of carbonyl (C=O) groups excluding carboxylic acids is 1. The number of pyridine rings is 1. The molecule has 0 unspecified atom stereocenters. The summed E-state index contributed by atoms with van der Waals surface area (Å²) in [5.74, 6) is -0.549. The summed E-state index contributed by atoms with van der Waals surface area (Å²) in [7, 11) is 2.82. The number of hydrogen-bond acceptors (Lipinski definition) is 5. The van der Waals surface area contributed by atoms with E-state index in [2.05, 4.69) is 15.0 Å². The molecule has 0 saturated carbocycles. The lowest BCUT2D eigenvalue weighted by atomic mass is 10.0. The molecule has 0 aliphatic carbocycles. The second-order valence-corrected chi connectivity index (χ2v) is 7.62. The van der Waals surface area contributed by atoms with Crippen LogP contribution in [0.1, 0.15) is 21.5 Å². The predicted molar refractivity (Wildman–Crippen MR) is 123 cm³/mol. The molecule has 0 saturated heterocycles. The van der Waals surface area contributed by atoms with E-state index < -0.39 is 23.8 Å². The number of amides is 1. The first-order chi connectivity index (χ1) is 16.2. The molecule has 0 spiro atoms. The van der Waals surface area contributed by atoms with Crippen LogP contribution in [0.3, 0.4) is 0 Å². The van der Waals surface area contributed by atoms with Gasteiger partial charge in [-0.25, -0.2) is 9.78 Å². The fourth-order valence-electron chi connectivity index (χ4n) is 3.61. The van der Waals surface area contributed by atoms with Crippen LogP contribution in [0.25, 0.3) is 11.0 Å². The second-order valence-electron chi connectivity index (χ2n) is 7.62. The number of fused-ring (bicyclic) bond motifs is 1. The van der Waals surface area contributed by atoms with Gasteiger partial charge in [-0.3, -0.25) is 18.7 Å². The van der Waals surface area contributed by atoms with Gasteiger partial charge in [-0.05, 0) is 29.8 Å². The zero-order valence-corrected chi connectivity index (χ0v) is 18.3. The van der Waals surface area contributed by atoms with Crippen LogP contribution >= 0.6 is 0 Å². The van der Waals surface area contributed by atoms with Crippen molar-refractivity contribution in [3.05, 3.63) is 98.3 Å². The molecule has 4 aromatic rings. The van der Waals surface area contributed by atoms with Crippen LogP contribution in [0.5, 0.6) is 5.75 Å². The molecule has 1 N–H and O–H groups in total. The first kappa shape index (κ1) is 22.8. The molecule has 174 valence electrons. The van der Waals surface area contributed by atoms with Crippen LogP contribution in [-0.4, -0.2) is 26.6 Å². The maximum Gasteiger partial charge on any atom is 0.387 e. The standard InChI is InChI=1S/C24H20F2N4O4/c1-29-20-18(22(32)30(2)24(29)33)12-16(13-27-20)21(31)28-17-8-9-19(34-23(25)26)15(11-17)10-14-6-4-3-5-7-14/h3-9,11-13,23H,10H2,1-2H3,(H,28,31). The maximum atomic E-state index is 12.9. The summed E-state index contributed by atoms with van der Waals surface area (Å²) in [5, 5.41) is 2.80. The van der Waals surface area contributed by atoms with Crippen molar-refractivity contribution in [3.8, 4) is 5.75 Å². The van der Waals surface area contributed by atoms with E-state index in [0.29, 0.717) is 17.7 Å². The normalized spacial score (nSPS) is 11.1. The Morgan fingerprint density at radius 3 is 2.50 bits per heavy atom. The van der Waals surface area contributed by atoms with E-state index in [1.54, 1.807) is 6.07 Å². The zero-order chi connectivity index (χ0) is 24.4. The van der Waals surface area contributed by atoms with E-state index in [1.807, 2.05) is 30.3 Å². The van der Waals surface area contributed by atoms with Crippen molar-refractivity contribution in [2.75, 3.05) is 5.32 Å². The molecule has 4 rings (SSSR count). The number of alkyl halides is 2. The van der Waals surface area contributed by atoms with Crippen molar-refractivity contribution >= 4 is 22.6 Å². The van der Waals surface area contributed by atoms with Crippen LogP contribution < -0.4 is 21.3 Å². The summed E-state index contributed by atoms with van der Waals surface area (Å²) in [6, 6.07) is 14.9. The van der Waals surface area contributed by atoms with Gasteiger partial charge in [0.05, 0.1) is 10.9 Å². The van der Waals surface area contributed by atoms with Gasteiger partial charge in [0, 0.05) is 38.0 Å². The maximum absolute atomic E-state index is 12.9. The third-order valence-corrected chi connectivity index (χ3v) is 5.33. The Kier molecular flexibility index (Phi) is 6.22. The van der Waals surface area contributed by atoms with Gasteiger partial charge in [-0.1, -0.05) is 30.3 Å². The number of carbonyl (C=O) groups is 1. The van der Waals surface area contributed by atoms with Crippen LogP contribution in [0, 0.1) is 0 Å². The van der Waals surface area contributed by atoms with Crippen molar-refractivity contribution in [1.29, 1.82) is 0 Å². The number of benzene rings is 2. The minimum absolute atomic E-state index is 0.00800. The monoisotopic (exact) mass is 466 g/mol. The van der Waals surface area contributed by atoms with Crippen LogP contribution in [0.2, 0.25) is 0 Å². The van der Waals surface area contributed by atoms with E-state index >= 15 is 0 Å². The smallest absolute Gasteiger partial charge is 0.387 e. The highest BCUT2D eigenvalue weighted by Crippen LogP contribution is 2.27. The fraction of sp³-hybridized carbons (Fsp3) is 0.167. The number of aryl methyl sites for hydroxylation is 1. The zero-order valence-electron chi connectivity index (χ0n) is 18.3. The van der Waals surface area contributed by atoms with Crippen molar-refractivity contribution < 1.29 is 18.3 Å². The Morgan fingerprint density at radius 1 is 1.06 bits per heavy atom. The molecule has 10 heteroatoms. The van der Waals surface area contributed by atoms with E-state index in [1.165, 1.54) is 43.1 Å². The molecular weight excluding hydrogens is 446 g/mol. The summed E-state index contributed by atoms with van der Waals surface area (Å²) in [5.41, 5.74) is 0.850. The van der Waals surface area contributed by atoms with Gasteiger partial charge in [0.15, 0.2) is 0 Å². The van der Waals surface area contributed by atoms with Gasteiger partial charge in [0.25, 0.3) is 11.5 Å². The first-order valence-corrected chi connectivity index (χ1v) is 10.2. The third-order valence-electron chi connectivity index (χ3n) is 5.33. The molecule has 0 bridgehead atoms. The quantitative estimate of drug-likeness (QED) is 0.471. The molecule has 0 fully saturated rings. The lowest BCUT2D eigenvalue weighted by Gasteiger charge is -2.14. The van der Waals surface area contributed by atoms with E-state index in [-0.39, 0.29) is 22.3 Å². The molecule has 0 aliphatic rings. The van der Waals surface area contributed by atoms with Gasteiger partial charge in [-0.15, -0.1) is 0 Å². The van der Waals surface area contributed by atoms with Crippen LogP contribution in [0.15, 0.2) is 70.4 Å². The Bertz CT molecular complexity index is 1500. The lowest BCUT2D eigenvalue weighted by molar-refractivity contribution is -0.0503. The molecule has 8 nitrogen and oxygen atoms in total. The van der Waals surface area contributed by atoms with E-state index in [0.717, 1.165) is 10.1 Å². The van der Waals surface area contributed by atoms with Gasteiger partial charge in [0.1, 0.15) is 11.4 Å². The molecule has 2 aromatic heterocycles. The highest BCUT2D eigenvalue weighted by Gasteiger charge is 2.16. The van der Waals surface area contributed by atoms with E-state index in [4.69, 9.17) is 0 Å². The minimum Gasteiger partial charge on any atom is -0.435 e. The summed E-state index contributed by atoms with van der Waals surface area (Å²) in [6.07, 6.45) is 1.57. The minimum atomic E-state index is -2.99. The number of nitrogens with one attached hydrogen (secondary N) is 1. The number of hydrogen-bond donors (Lipinski definition) is 1. The number of aromatic nitrogens is 3. The van der Waals surface area contributed by atoms with Crippen molar-refractivity contribution in [1.82, 2.24) is 14.1 Å². The molecule has 2 heterocycles. The van der Waals surface area contributed by atoms with Crippen molar-refractivity contribution in [2.45, 2.75) is 13.0 Å². The highest BCUT2D eigenvalue weighted by molar-refractivity contribution is 6.05. The summed E-state index contributed by atoms with van der Waals surface area (Å²) < 4.78 is 32.5. The molecule has 0 atom stereocenters. The molecule has 34 heavy (non-hydrogen) atoms. The Balaban J connectivity index is 1.66. The van der Waals surface area contributed by atoms with Gasteiger partial charge in [0.2, 0.25) is 0 Å². The summed E-state index contributed by atoms with van der Waals surface area (Å²) in [6.45, 7) is -2.99. The molecule has 2 aromatic carbocycles. The average molecular weight is 466 g/mol. The van der Waals surface area contributed by atoms with Crippen LogP contribution in [-0.2, 0) is 20.5 Å². The largest absolute Gasteiger partial charge is 0.435 e. The van der Waals surface area contributed by atoms with Gasteiger partial charge >= 0.3 is 12.3 Å². The topological polar surface area (TPSA) is 95.2 Å².